The molecular weight excluding hydrogens is 450 g/mol. The van der Waals surface area contributed by atoms with Gasteiger partial charge in [0.2, 0.25) is 10.0 Å². The first-order valence-electron chi connectivity index (χ1n) is 7.97. The molecule has 2 rings (SSSR count). The minimum atomic E-state index is -3.91. The number of hydrogen-bond acceptors (Lipinski definition) is 6. The second-order valence-corrected chi connectivity index (χ2v) is 8.24. The van der Waals surface area contributed by atoms with Gasteiger partial charge in [-0.3, -0.25) is 9.59 Å². The van der Waals surface area contributed by atoms with Crippen LogP contribution in [0.2, 0.25) is 0 Å². The summed E-state index contributed by atoms with van der Waals surface area (Å²) in [7, 11) is -3.91. The van der Waals surface area contributed by atoms with Gasteiger partial charge in [-0.25, -0.2) is 8.42 Å². The summed E-state index contributed by atoms with van der Waals surface area (Å²) in [5.74, 6) is -1.57. The fraction of sp³-hybridized carbons (Fsp3) is 0.167. The lowest BCUT2D eigenvalue weighted by Gasteiger charge is -2.14. The Hall–Kier alpha value is -2.74. The predicted octanol–water partition coefficient (Wildman–Crippen LogP) is 2.17. The molecule has 2 N–H and O–H groups in total. The smallest absolute Gasteiger partial charge is 0.321 e. The fourth-order valence-electron chi connectivity index (χ4n) is 2.09. The highest BCUT2D eigenvalue weighted by molar-refractivity contribution is 9.10. The lowest BCUT2D eigenvalue weighted by atomic mass is 10.2. The molecule has 0 radical (unpaired) electrons. The second-order valence-electron chi connectivity index (χ2n) is 5.56. The van der Waals surface area contributed by atoms with Gasteiger partial charge in [-0.15, -0.1) is 0 Å². The molecule has 1 unspecified atom stereocenters. The maximum atomic E-state index is 12.2. The van der Waals surface area contributed by atoms with E-state index in [-0.39, 0.29) is 16.1 Å². The molecule has 1 amide bonds. The second kappa shape index (κ2) is 9.45. The molecule has 2 aromatic carbocycles. The Morgan fingerprint density at radius 1 is 1.21 bits per heavy atom. The van der Waals surface area contributed by atoms with Gasteiger partial charge in [0.1, 0.15) is 12.6 Å². The maximum Gasteiger partial charge on any atom is 0.321 e. The molecule has 0 aromatic heterocycles. The fourth-order valence-corrected chi connectivity index (χ4v) is 3.65. The number of esters is 1. The summed E-state index contributed by atoms with van der Waals surface area (Å²) in [6.07, 6.45) is -1.19. The van der Waals surface area contributed by atoms with Crippen LogP contribution in [0.15, 0.2) is 57.9 Å². The molecule has 0 saturated carbocycles. The highest BCUT2D eigenvalue weighted by Crippen LogP contribution is 2.16. The van der Waals surface area contributed by atoms with Gasteiger partial charge in [0, 0.05) is 4.47 Å². The average Bonchev–Trinajstić information content (AvgIpc) is 2.67. The van der Waals surface area contributed by atoms with Crippen molar-refractivity contribution < 1.29 is 22.7 Å². The monoisotopic (exact) mass is 465 g/mol. The van der Waals surface area contributed by atoms with Crippen molar-refractivity contribution in [2.75, 3.05) is 11.9 Å². The van der Waals surface area contributed by atoms with Crippen LogP contribution in [0.3, 0.4) is 0 Å². The molecule has 0 spiro atoms. The molecule has 0 aliphatic carbocycles. The number of carbonyl (C=O) groups is 2. The average molecular weight is 466 g/mol. The third-order valence-electron chi connectivity index (χ3n) is 3.50. The zero-order valence-electron chi connectivity index (χ0n) is 14.7. The third-order valence-corrected chi connectivity index (χ3v) is 5.39. The number of ether oxygens (including phenoxy) is 1. The van der Waals surface area contributed by atoms with E-state index in [0.29, 0.717) is 4.47 Å². The lowest BCUT2D eigenvalue weighted by molar-refractivity contribution is -0.151. The Bertz CT molecular complexity index is 1030. The highest BCUT2D eigenvalue weighted by Gasteiger charge is 2.21. The van der Waals surface area contributed by atoms with E-state index in [4.69, 9.17) is 10.00 Å². The van der Waals surface area contributed by atoms with Crippen molar-refractivity contribution in [2.24, 2.45) is 0 Å². The van der Waals surface area contributed by atoms with E-state index in [9.17, 15) is 18.0 Å². The molecule has 1 atom stereocenters. The van der Waals surface area contributed by atoms with Gasteiger partial charge in [-0.1, -0.05) is 34.1 Å². The number of amides is 1. The Morgan fingerprint density at radius 3 is 2.61 bits per heavy atom. The molecule has 0 heterocycles. The molecule has 10 heteroatoms. The number of para-hydroxylation sites is 1. The van der Waals surface area contributed by atoms with Gasteiger partial charge in [0.25, 0.3) is 5.91 Å². The van der Waals surface area contributed by atoms with Gasteiger partial charge in [0.15, 0.2) is 6.10 Å². The van der Waals surface area contributed by atoms with Gasteiger partial charge >= 0.3 is 5.97 Å². The van der Waals surface area contributed by atoms with E-state index in [1.165, 1.54) is 31.2 Å². The van der Waals surface area contributed by atoms with Crippen LogP contribution in [0.5, 0.6) is 0 Å². The summed E-state index contributed by atoms with van der Waals surface area (Å²) in [5.41, 5.74) is 0.546. The van der Waals surface area contributed by atoms with Crippen LogP contribution < -0.4 is 10.0 Å². The summed E-state index contributed by atoms with van der Waals surface area (Å²) < 4.78 is 32.0. The molecule has 146 valence electrons. The van der Waals surface area contributed by atoms with Crippen LogP contribution in [0.4, 0.5) is 5.69 Å². The summed E-state index contributed by atoms with van der Waals surface area (Å²) in [5, 5.41) is 11.5. The zero-order valence-corrected chi connectivity index (χ0v) is 17.1. The predicted molar refractivity (Wildman–Crippen MR) is 105 cm³/mol. The Balaban J connectivity index is 1.91. The Morgan fingerprint density at radius 2 is 1.93 bits per heavy atom. The SMILES string of the molecule is CC(OC(=O)CNS(=O)(=O)c1cccc(Br)c1)C(=O)Nc1ccccc1C#N. The van der Waals surface area contributed by atoms with Crippen LogP contribution in [0, 0.1) is 11.3 Å². The molecule has 2 aromatic rings. The molecule has 0 saturated heterocycles. The van der Waals surface area contributed by atoms with Gasteiger partial charge in [-0.2, -0.15) is 9.98 Å². The molecule has 0 aliphatic rings. The first-order chi connectivity index (χ1) is 13.2. The highest BCUT2D eigenvalue weighted by atomic mass is 79.9. The van der Waals surface area contributed by atoms with Gasteiger partial charge in [-0.05, 0) is 37.3 Å². The zero-order chi connectivity index (χ0) is 20.7. The number of hydrogen-bond donors (Lipinski definition) is 2. The molecule has 28 heavy (non-hydrogen) atoms. The van der Waals surface area contributed by atoms with Crippen LogP contribution in [0.1, 0.15) is 12.5 Å². The maximum absolute atomic E-state index is 12.2. The number of sulfonamides is 1. The van der Waals surface area contributed by atoms with Crippen LogP contribution in [-0.4, -0.2) is 32.9 Å². The summed E-state index contributed by atoms with van der Waals surface area (Å²) >= 11 is 3.17. The number of rotatable bonds is 7. The molecule has 0 bridgehead atoms. The number of nitriles is 1. The van der Waals surface area contributed by atoms with E-state index in [1.54, 1.807) is 24.3 Å². The minimum absolute atomic E-state index is 0.0198. The van der Waals surface area contributed by atoms with E-state index >= 15 is 0 Å². The van der Waals surface area contributed by atoms with Crippen molar-refractivity contribution in [1.29, 1.82) is 5.26 Å². The van der Waals surface area contributed by atoms with Gasteiger partial charge < -0.3 is 10.1 Å². The van der Waals surface area contributed by atoms with Crippen molar-refractivity contribution in [3.63, 3.8) is 0 Å². The molecule has 8 nitrogen and oxygen atoms in total. The van der Waals surface area contributed by atoms with Crippen molar-refractivity contribution in [2.45, 2.75) is 17.9 Å². The first-order valence-corrected chi connectivity index (χ1v) is 10.3. The first kappa shape index (κ1) is 21.6. The summed E-state index contributed by atoms with van der Waals surface area (Å²) in [4.78, 5) is 24.0. The summed E-state index contributed by atoms with van der Waals surface area (Å²) in [6.45, 7) is 0.701. The van der Waals surface area contributed by atoms with Gasteiger partial charge in [0.05, 0.1) is 16.1 Å². The quantitative estimate of drug-likeness (QED) is 0.603. The number of benzene rings is 2. The van der Waals surface area contributed by atoms with Crippen LogP contribution in [-0.2, 0) is 24.3 Å². The van der Waals surface area contributed by atoms with Crippen molar-refractivity contribution >= 4 is 43.5 Å². The van der Waals surface area contributed by atoms with Crippen molar-refractivity contribution in [1.82, 2.24) is 4.72 Å². The number of carbonyl (C=O) groups excluding carboxylic acids is 2. The number of halogens is 1. The largest absolute Gasteiger partial charge is 0.452 e. The van der Waals surface area contributed by atoms with Crippen LogP contribution >= 0.6 is 15.9 Å². The normalized spacial score (nSPS) is 11.9. The lowest BCUT2D eigenvalue weighted by Crippen LogP contribution is -2.36. The Labute approximate surface area is 170 Å². The third kappa shape index (κ3) is 5.88. The summed E-state index contributed by atoms with van der Waals surface area (Å²) in [6, 6.07) is 14.3. The van der Waals surface area contributed by atoms with Crippen molar-refractivity contribution in [3.05, 3.63) is 58.6 Å². The Kier molecular flexibility index (Phi) is 7.28. The standard InChI is InChI=1S/C18H16BrN3O5S/c1-12(18(24)22-16-8-3-2-5-13(16)10-20)27-17(23)11-21-28(25,26)15-7-4-6-14(19)9-15/h2-9,12,21H,11H2,1H3,(H,22,24). The number of anilines is 1. The van der Waals surface area contributed by atoms with E-state index in [0.717, 1.165) is 0 Å². The number of nitrogens with zero attached hydrogens (tertiary/aromatic N) is 1. The number of nitrogens with one attached hydrogen (secondary N) is 2. The van der Waals surface area contributed by atoms with E-state index < -0.39 is 34.5 Å². The van der Waals surface area contributed by atoms with Crippen LogP contribution in [0.25, 0.3) is 0 Å². The van der Waals surface area contributed by atoms with Crippen molar-refractivity contribution in [3.8, 4) is 6.07 Å². The minimum Gasteiger partial charge on any atom is -0.452 e. The molecular formula is C18H16BrN3O5S. The molecule has 0 aliphatic heterocycles. The molecule has 0 fully saturated rings. The van der Waals surface area contributed by atoms with E-state index in [1.807, 2.05) is 6.07 Å². The van der Waals surface area contributed by atoms with E-state index in [2.05, 4.69) is 26.0 Å². The topological polar surface area (TPSA) is 125 Å².